The van der Waals surface area contributed by atoms with Gasteiger partial charge in [0.05, 0.1) is 30.5 Å². The fraction of sp³-hybridized carbons (Fsp3) is 0.464. The molecule has 0 bridgehead atoms. The summed E-state index contributed by atoms with van der Waals surface area (Å²) >= 11 is 0. The van der Waals surface area contributed by atoms with E-state index in [2.05, 4.69) is 0 Å². The molecule has 1 fully saturated rings. The van der Waals surface area contributed by atoms with Gasteiger partial charge in [-0.15, -0.1) is 17.0 Å². The van der Waals surface area contributed by atoms with Gasteiger partial charge in [0.2, 0.25) is 0 Å². The maximum absolute atomic E-state index is 14.8. The highest BCUT2D eigenvalue weighted by molar-refractivity contribution is 8.93. The molecule has 39 heavy (non-hydrogen) atoms. The number of rotatable bonds is 9. The summed E-state index contributed by atoms with van der Waals surface area (Å²) in [6, 6.07) is 6.32. The highest BCUT2D eigenvalue weighted by Gasteiger charge is 2.33. The molecule has 2 aliphatic heterocycles. The van der Waals surface area contributed by atoms with Gasteiger partial charge in [0.15, 0.2) is 12.4 Å². The molecule has 1 saturated heterocycles. The molecule has 3 N–H and O–H groups in total. The van der Waals surface area contributed by atoms with E-state index in [-0.39, 0.29) is 47.3 Å². The Kier molecular flexibility index (Phi) is 9.27. The second-order valence-corrected chi connectivity index (χ2v) is 10.7. The van der Waals surface area contributed by atoms with Crippen LogP contribution in [0.1, 0.15) is 61.2 Å². The minimum absolute atomic E-state index is 0. The van der Waals surface area contributed by atoms with Crippen LogP contribution in [0.4, 0.5) is 10.1 Å². The number of ketones is 1. The summed E-state index contributed by atoms with van der Waals surface area (Å²) in [6.45, 7) is 8.40. The van der Waals surface area contributed by atoms with Gasteiger partial charge in [0.25, 0.3) is 0 Å². The number of nitrogens with one attached hydrogen (secondary N) is 1. The number of amidine groups is 1. The smallest absolute Gasteiger partial charge is 0.341 e. The summed E-state index contributed by atoms with van der Waals surface area (Å²) in [5.41, 5.74) is 1.84. The lowest BCUT2D eigenvalue weighted by atomic mass is 9.84. The van der Waals surface area contributed by atoms with Crippen molar-refractivity contribution in [2.45, 2.75) is 52.2 Å². The van der Waals surface area contributed by atoms with E-state index in [1.807, 2.05) is 25.7 Å². The van der Waals surface area contributed by atoms with Gasteiger partial charge in [-0.25, -0.2) is 9.18 Å². The van der Waals surface area contributed by atoms with Gasteiger partial charge in [0, 0.05) is 36.8 Å². The van der Waals surface area contributed by atoms with Crippen molar-refractivity contribution in [3.05, 3.63) is 52.3 Å². The molecule has 2 heterocycles. The maximum atomic E-state index is 14.8. The number of aliphatic carboxylic acids is 1. The van der Waals surface area contributed by atoms with Crippen LogP contribution in [-0.4, -0.2) is 71.7 Å². The van der Waals surface area contributed by atoms with Crippen LogP contribution >= 0.6 is 17.0 Å². The number of aliphatic hydroxyl groups is 1. The summed E-state index contributed by atoms with van der Waals surface area (Å²) in [5.74, 6) is -1.26. The first-order valence-electron chi connectivity index (χ1n) is 12.7. The van der Waals surface area contributed by atoms with Crippen LogP contribution in [0.5, 0.6) is 11.5 Å². The number of Topliss-reactive ketones (excluding diaryl/α,β-unsaturated/α-hetero) is 1. The molecule has 1 atom stereocenters. The Morgan fingerprint density at radius 2 is 1.90 bits per heavy atom. The molecule has 0 saturated carbocycles. The molecule has 2 aromatic carbocycles. The van der Waals surface area contributed by atoms with Crippen LogP contribution in [0, 0.1) is 11.2 Å². The van der Waals surface area contributed by atoms with Crippen LogP contribution in [0.15, 0.2) is 24.3 Å². The number of fused-ring (bicyclic) bond motifs is 1. The summed E-state index contributed by atoms with van der Waals surface area (Å²) in [7, 11) is 0. The highest BCUT2D eigenvalue weighted by atomic mass is 79.9. The third-order valence-electron chi connectivity index (χ3n) is 6.75. The number of hydrogen-bond donors (Lipinski definition) is 3. The summed E-state index contributed by atoms with van der Waals surface area (Å²) < 4.78 is 25.9. The van der Waals surface area contributed by atoms with Crippen LogP contribution in [-0.2, 0) is 16.8 Å². The molecule has 0 spiro atoms. The first kappa shape index (κ1) is 30.4. The average Bonchev–Trinajstić information content (AvgIpc) is 3.39. The van der Waals surface area contributed by atoms with Gasteiger partial charge in [-0.2, -0.15) is 0 Å². The Balaban J connectivity index is 0.00000420. The van der Waals surface area contributed by atoms with Gasteiger partial charge >= 0.3 is 5.97 Å². The number of anilines is 1. The lowest BCUT2D eigenvalue weighted by molar-refractivity contribution is -0.139. The topological polar surface area (TPSA) is 123 Å². The summed E-state index contributed by atoms with van der Waals surface area (Å²) in [4.78, 5) is 28.3. The number of nitrogens with zero attached hydrogens (tertiary/aromatic N) is 2. The predicted octanol–water partition coefficient (Wildman–Crippen LogP) is 4.16. The van der Waals surface area contributed by atoms with E-state index in [0.29, 0.717) is 60.0 Å². The first-order valence-corrected chi connectivity index (χ1v) is 12.7. The molecule has 0 aromatic heterocycles. The van der Waals surface area contributed by atoms with Crippen LogP contribution in [0.2, 0.25) is 0 Å². The van der Waals surface area contributed by atoms with Crippen molar-refractivity contribution in [2.75, 3.05) is 37.7 Å². The minimum atomic E-state index is -1.12. The molecule has 4 rings (SSSR count). The highest BCUT2D eigenvalue weighted by Crippen LogP contribution is 2.42. The maximum Gasteiger partial charge on any atom is 0.341 e. The molecule has 1 unspecified atom stereocenters. The quantitative estimate of drug-likeness (QED) is 0.363. The molecule has 2 aromatic rings. The van der Waals surface area contributed by atoms with Crippen LogP contribution < -0.4 is 14.4 Å². The SMILES string of the molecule is Br.CCOc1cc(F)c2c(c1)CN(CC(=O)c1cc(N3CCC(O)C3)c(OCC(=O)O)c(C(C)(C)C)c1)C2=N. The van der Waals surface area contributed by atoms with Crippen molar-refractivity contribution < 1.29 is 33.7 Å². The van der Waals surface area contributed by atoms with Gasteiger partial charge in [-0.1, -0.05) is 20.8 Å². The zero-order valence-corrected chi connectivity index (χ0v) is 24.3. The second kappa shape index (κ2) is 11.9. The van der Waals surface area contributed by atoms with E-state index in [1.54, 1.807) is 25.1 Å². The van der Waals surface area contributed by atoms with Crippen molar-refractivity contribution >= 4 is 40.3 Å². The first-order chi connectivity index (χ1) is 17.9. The normalized spacial score (nSPS) is 16.7. The molecule has 0 radical (unpaired) electrons. The monoisotopic (exact) mass is 607 g/mol. The number of β-amino-alcohol motifs (C(OH)–C–C–N with tert-alkyl or cyclic N) is 1. The summed E-state index contributed by atoms with van der Waals surface area (Å²) in [6.07, 6.45) is -0.000273. The van der Waals surface area contributed by atoms with E-state index >= 15 is 0 Å². The predicted molar refractivity (Wildman–Crippen MR) is 151 cm³/mol. The van der Waals surface area contributed by atoms with Crippen molar-refractivity contribution in [3.8, 4) is 11.5 Å². The fourth-order valence-corrected chi connectivity index (χ4v) is 4.93. The second-order valence-electron chi connectivity index (χ2n) is 10.7. The minimum Gasteiger partial charge on any atom is -0.494 e. The van der Waals surface area contributed by atoms with Crippen LogP contribution in [0.3, 0.4) is 0 Å². The molecule has 9 nitrogen and oxygen atoms in total. The third kappa shape index (κ3) is 6.52. The van der Waals surface area contributed by atoms with E-state index < -0.39 is 29.9 Å². The van der Waals surface area contributed by atoms with Crippen molar-refractivity contribution in [1.82, 2.24) is 4.90 Å². The number of carbonyl (C=O) groups excluding carboxylic acids is 1. The number of carboxylic acid groups (broad SMARTS) is 1. The third-order valence-corrected chi connectivity index (χ3v) is 6.75. The Morgan fingerprint density at radius 3 is 2.49 bits per heavy atom. The van der Waals surface area contributed by atoms with Gasteiger partial charge in [-0.3, -0.25) is 10.2 Å². The lowest BCUT2D eigenvalue weighted by Crippen LogP contribution is -2.31. The van der Waals surface area contributed by atoms with Crippen LogP contribution in [0.25, 0.3) is 0 Å². The molecular formula is C28H35BrFN3O6. The molecule has 0 aliphatic carbocycles. The number of ether oxygens (including phenoxy) is 2. The Hall–Kier alpha value is -3.18. The number of carbonyl (C=O) groups is 2. The van der Waals surface area contributed by atoms with E-state index in [0.717, 1.165) is 0 Å². The fourth-order valence-electron chi connectivity index (χ4n) is 4.93. The van der Waals surface area contributed by atoms with Crippen molar-refractivity contribution in [1.29, 1.82) is 5.41 Å². The number of aliphatic hydroxyl groups excluding tert-OH is 1. The van der Waals surface area contributed by atoms with E-state index in [9.17, 15) is 24.2 Å². The molecular weight excluding hydrogens is 573 g/mol. The summed E-state index contributed by atoms with van der Waals surface area (Å²) in [5, 5.41) is 27.9. The van der Waals surface area contributed by atoms with Gasteiger partial charge < -0.3 is 29.5 Å². The Morgan fingerprint density at radius 1 is 1.18 bits per heavy atom. The van der Waals surface area contributed by atoms with E-state index in [4.69, 9.17) is 14.9 Å². The number of hydrogen-bond acceptors (Lipinski definition) is 7. The number of carboxylic acids is 1. The number of benzene rings is 2. The molecule has 11 heteroatoms. The van der Waals surface area contributed by atoms with Crippen molar-refractivity contribution in [3.63, 3.8) is 0 Å². The van der Waals surface area contributed by atoms with Crippen molar-refractivity contribution in [2.24, 2.45) is 0 Å². The average molecular weight is 609 g/mol. The Bertz CT molecular complexity index is 1280. The van der Waals surface area contributed by atoms with Gasteiger partial charge in [-0.05, 0) is 42.5 Å². The largest absolute Gasteiger partial charge is 0.494 e. The van der Waals surface area contributed by atoms with E-state index in [1.165, 1.54) is 11.0 Å². The zero-order valence-electron chi connectivity index (χ0n) is 22.5. The van der Waals surface area contributed by atoms with Gasteiger partial charge in [0.1, 0.15) is 23.2 Å². The standard InChI is InChI=1S/C28H34FN3O6.BrH/c1-5-37-19-8-17-12-32(27(30)25(17)21(29)11-19)14-23(34)16-9-20(28(2,3)4)26(38-15-24(35)36)22(10-16)31-7-6-18(33)13-31;/h8-11,18,30,33H,5-7,12-15H2,1-4H3,(H,35,36);1H. The lowest BCUT2D eigenvalue weighted by Gasteiger charge is -2.29. The Labute approximate surface area is 237 Å². The number of halogens is 2. The molecule has 212 valence electrons. The zero-order chi connectivity index (χ0) is 27.8. The molecule has 2 aliphatic rings. The molecule has 0 amide bonds.